The minimum absolute atomic E-state index is 0.169. The molecule has 102 valence electrons. The molecule has 17 heavy (non-hydrogen) atoms. The molecule has 0 bridgehead atoms. The third kappa shape index (κ3) is 3.93. The number of nitrogens with one attached hydrogen (secondary N) is 1. The highest BCUT2D eigenvalue weighted by molar-refractivity contribution is 7.90. The van der Waals surface area contributed by atoms with Crippen molar-refractivity contribution in [3.05, 3.63) is 0 Å². The standard InChI is InChI=1S/C12H25NO3S/c1-12(2,3)17(15,16)13-8-10-6-4-5-7-11(10)9-14/h10-11,13-14H,4-9H2,1-3H3. The van der Waals surface area contributed by atoms with Crippen LogP contribution in [0.2, 0.25) is 0 Å². The van der Waals surface area contributed by atoms with E-state index < -0.39 is 14.8 Å². The van der Waals surface area contributed by atoms with Crippen molar-refractivity contribution in [2.75, 3.05) is 13.2 Å². The summed E-state index contributed by atoms with van der Waals surface area (Å²) in [6.07, 6.45) is 4.31. The van der Waals surface area contributed by atoms with Gasteiger partial charge in [-0.2, -0.15) is 0 Å². The molecule has 1 aliphatic rings. The first-order valence-electron chi connectivity index (χ1n) is 6.38. The number of hydrogen-bond donors (Lipinski definition) is 2. The predicted octanol–water partition coefficient (Wildman–Crippen LogP) is 1.50. The molecule has 0 saturated heterocycles. The molecule has 0 aromatic heterocycles. The number of aliphatic hydroxyl groups excluding tert-OH is 1. The zero-order chi connectivity index (χ0) is 13.1. The van der Waals surface area contributed by atoms with Gasteiger partial charge in [0.1, 0.15) is 0 Å². The summed E-state index contributed by atoms with van der Waals surface area (Å²) in [4.78, 5) is 0. The van der Waals surface area contributed by atoms with Crippen LogP contribution in [0.4, 0.5) is 0 Å². The third-order valence-corrected chi connectivity index (χ3v) is 5.80. The molecule has 1 saturated carbocycles. The Balaban J connectivity index is 2.55. The molecule has 0 aromatic rings. The molecule has 1 aliphatic carbocycles. The van der Waals surface area contributed by atoms with E-state index in [-0.39, 0.29) is 18.4 Å². The first-order chi connectivity index (χ1) is 7.78. The normalized spacial score (nSPS) is 27.1. The second-order valence-corrected chi connectivity index (χ2v) is 8.47. The van der Waals surface area contributed by atoms with Crippen molar-refractivity contribution in [2.45, 2.75) is 51.2 Å². The Kier molecular flexibility index (Phi) is 4.98. The van der Waals surface area contributed by atoms with E-state index in [0.717, 1.165) is 25.7 Å². The van der Waals surface area contributed by atoms with E-state index >= 15 is 0 Å². The van der Waals surface area contributed by atoms with E-state index in [1.54, 1.807) is 20.8 Å². The SMILES string of the molecule is CC(C)(C)S(=O)(=O)NCC1CCCCC1CO. The van der Waals surface area contributed by atoms with Crippen LogP contribution in [-0.2, 0) is 10.0 Å². The zero-order valence-corrected chi connectivity index (χ0v) is 11.9. The molecular formula is C12H25NO3S. The molecule has 2 unspecified atom stereocenters. The van der Waals surface area contributed by atoms with Crippen LogP contribution in [0.1, 0.15) is 46.5 Å². The van der Waals surface area contributed by atoms with E-state index in [9.17, 15) is 13.5 Å². The lowest BCUT2D eigenvalue weighted by atomic mass is 9.80. The van der Waals surface area contributed by atoms with E-state index in [1.807, 2.05) is 0 Å². The first-order valence-corrected chi connectivity index (χ1v) is 7.86. The van der Waals surface area contributed by atoms with Gasteiger partial charge in [0.2, 0.25) is 10.0 Å². The molecule has 0 spiro atoms. The Hall–Kier alpha value is -0.130. The summed E-state index contributed by atoms with van der Waals surface area (Å²) in [7, 11) is -3.26. The van der Waals surface area contributed by atoms with Crippen LogP contribution in [0.15, 0.2) is 0 Å². The van der Waals surface area contributed by atoms with Gasteiger partial charge in [0.05, 0.1) is 4.75 Å². The molecule has 2 atom stereocenters. The second-order valence-electron chi connectivity index (χ2n) is 5.95. The second kappa shape index (κ2) is 5.67. The molecule has 1 rings (SSSR count). The van der Waals surface area contributed by atoms with Crippen LogP contribution in [0.25, 0.3) is 0 Å². The van der Waals surface area contributed by atoms with Crippen molar-refractivity contribution < 1.29 is 13.5 Å². The molecule has 0 amide bonds. The van der Waals surface area contributed by atoms with Crippen LogP contribution >= 0.6 is 0 Å². The van der Waals surface area contributed by atoms with Gasteiger partial charge < -0.3 is 5.11 Å². The number of aliphatic hydroxyl groups is 1. The summed E-state index contributed by atoms with van der Waals surface area (Å²) in [5, 5.41) is 9.27. The van der Waals surface area contributed by atoms with Crippen LogP contribution in [-0.4, -0.2) is 31.4 Å². The smallest absolute Gasteiger partial charge is 0.216 e. The van der Waals surface area contributed by atoms with Gasteiger partial charge in [-0.15, -0.1) is 0 Å². The van der Waals surface area contributed by atoms with Crippen molar-refractivity contribution in [1.82, 2.24) is 4.72 Å². The van der Waals surface area contributed by atoms with Crippen molar-refractivity contribution in [3.8, 4) is 0 Å². The molecule has 2 N–H and O–H groups in total. The van der Waals surface area contributed by atoms with Gasteiger partial charge in [-0.3, -0.25) is 0 Å². The molecule has 0 heterocycles. The van der Waals surface area contributed by atoms with Crippen molar-refractivity contribution in [2.24, 2.45) is 11.8 Å². The Morgan fingerprint density at radius 1 is 1.18 bits per heavy atom. The largest absolute Gasteiger partial charge is 0.396 e. The quantitative estimate of drug-likeness (QED) is 0.808. The van der Waals surface area contributed by atoms with Crippen molar-refractivity contribution in [1.29, 1.82) is 0 Å². The molecule has 5 heteroatoms. The minimum Gasteiger partial charge on any atom is -0.396 e. The fraction of sp³-hybridized carbons (Fsp3) is 1.00. The maximum Gasteiger partial charge on any atom is 0.216 e. The summed E-state index contributed by atoms with van der Waals surface area (Å²) in [6.45, 7) is 5.71. The average molecular weight is 263 g/mol. The van der Waals surface area contributed by atoms with Crippen LogP contribution in [0.5, 0.6) is 0 Å². The monoisotopic (exact) mass is 263 g/mol. The molecule has 0 radical (unpaired) electrons. The van der Waals surface area contributed by atoms with Crippen LogP contribution in [0, 0.1) is 11.8 Å². The third-order valence-electron chi connectivity index (χ3n) is 3.64. The fourth-order valence-electron chi connectivity index (χ4n) is 2.23. The highest BCUT2D eigenvalue weighted by Gasteiger charge is 2.31. The van der Waals surface area contributed by atoms with Crippen LogP contribution in [0.3, 0.4) is 0 Å². The average Bonchev–Trinajstić information content (AvgIpc) is 2.25. The van der Waals surface area contributed by atoms with E-state index in [1.165, 1.54) is 0 Å². The van der Waals surface area contributed by atoms with Gasteiger partial charge in [-0.05, 0) is 45.4 Å². The zero-order valence-electron chi connectivity index (χ0n) is 11.1. The highest BCUT2D eigenvalue weighted by atomic mass is 32.2. The Bertz CT molecular complexity index is 332. The number of sulfonamides is 1. The molecule has 4 nitrogen and oxygen atoms in total. The predicted molar refractivity (Wildman–Crippen MR) is 69.2 cm³/mol. The van der Waals surface area contributed by atoms with E-state index in [2.05, 4.69) is 4.72 Å². The summed E-state index contributed by atoms with van der Waals surface area (Å²) in [5.41, 5.74) is 0. The van der Waals surface area contributed by atoms with Gasteiger partial charge in [-0.25, -0.2) is 13.1 Å². The van der Waals surface area contributed by atoms with Gasteiger partial charge in [0, 0.05) is 13.2 Å². The Morgan fingerprint density at radius 3 is 2.18 bits per heavy atom. The van der Waals surface area contributed by atoms with Crippen molar-refractivity contribution >= 4 is 10.0 Å². The van der Waals surface area contributed by atoms with Gasteiger partial charge in [-0.1, -0.05) is 12.8 Å². The topological polar surface area (TPSA) is 66.4 Å². The summed E-state index contributed by atoms with van der Waals surface area (Å²) in [5.74, 6) is 0.539. The van der Waals surface area contributed by atoms with Gasteiger partial charge in [0.15, 0.2) is 0 Å². The maximum atomic E-state index is 11.9. The summed E-state index contributed by atoms with van der Waals surface area (Å²) in [6, 6.07) is 0. The Morgan fingerprint density at radius 2 is 1.71 bits per heavy atom. The lowest BCUT2D eigenvalue weighted by molar-refractivity contribution is 0.136. The van der Waals surface area contributed by atoms with Crippen LogP contribution < -0.4 is 4.72 Å². The first kappa shape index (κ1) is 14.9. The number of hydrogen-bond acceptors (Lipinski definition) is 3. The highest BCUT2D eigenvalue weighted by Crippen LogP contribution is 2.29. The lowest BCUT2D eigenvalue weighted by Crippen LogP contribution is -2.43. The summed E-state index contributed by atoms with van der Waals surface area (Å²) >= 11 is 0. The maximum absolute atomic E-state index is 11.9. The summed E-state index contributed by atoms with van der Waals surface area (Å²) < 4.78 is 25.8. The molecular weight excluding hydrogens is 238 g/mol. The van der Waals surface area contributed by atoms with E-state index in [0.29, 0.717) is 6.54 Å². The van der Waals surface area contributed by atoms with Gasteiger partial charge >= 0.3 is 0 Å². The minimum atomic E-state index is -3.26. The Labute approximate surface area is 105 Å². The number of rotatable bonds is 4. The van der Waals surface area contributed by atoms with E-state index in [4.69, 9.17) is 0 Å². The molecule has 0 aromatic carbocycles. The van der Waals surface area contributed by atoms with Crippen molar-refractivity contribution in [3.63, 3.8) is 0 Å². The molecule has 0 aliphatic heterocycles. The molecule has 1 fully saturated rings. The fourth-order valence-corrected chi connectivity index (χ4v) is 3.09. The van der Waals surface area contributed by atoms with Gasteiger partial charge in [0.25, 0.3) is 0 Å². The lowest BCUT2D eigenvalue weighted by Gasteiger charge is -2.31.